The van der Waals surface area contributed by atoms with Gasteiger partial charge in [-0.3, -0.25) is 0 Å². The van der Waals surface area contributed by atoms with E-state index in [0.717, 1.165) is 6.54 Å². The molecule has 1 atom stereocenters. The molecule has 13 heavy (non-hydrogen) atoms. The van der Waals surface area contributed by atoms with E-state index in [1.807, 2.05) is 19.0 Å². The van der Waals surface area contributed by atoms with Gasteiger partial charge in [0.25, 0.3) is 5.92 Å². The highest BCUT2D eigenvalue weighted by molar-refractivity contribution is 4.84. The Labute approximate surface area is 78.3 Å². The third-order valence-corrected chi connectivity index (χ3v) is 2.55. The lowest BCUT2D eigenvalue weighted by Crippen LogP contribution is -2.45. The summed E-state index contributed by atoms with van der Waals surface area (Å²) in [4.78, 5) is 1.95. The average molecular weight is 192 g/mol. The maximum Gasteiger partial charge on any atom is 0.253 e. The normalized spacial score (nSPS) is 27.9. The van der Waals surface area contributed by atoms with Gasteiger partial charge in [0.05, 0.1) is 0 Å². The molecule has 1 aliphatic heterocycles. The third-order valence-electron chi connectivity index (χ3n) is 2.55. The SMILES string of the molecule is CN(C)CCC1CNCCC1(F)F. The van der Waals surface area contributed by atoms with Gasteiger partial charge in [0.1, 0.15) is 0 Å². The van der Waals surface area contributed by atoms with Gasteiger partial charge in [-0.25, -0.2) is 8.78 Å². The number of piperidine rings is 1. The van der Waals surface area contributed by atoms with Crippen LogP contribution in [0.5, 0.6) is 0 Å². The predicted octanol–water partition coefficient (Wildman–Crippen LogP) is 1.18. The van der Waals surface area contributed by atoms with E-state index in [2.05, 4.69) is 5.32 Å². The molecule has 0 radical (unpaired) electrons. The standard InChI is InChI=1S/C9H18F2N2/c1-13(2)6-3-8-7-12-5-4-9(8,10)11/h8,12H,3-7H2,1-2H3. The number of hydrogen-bond acceptors (Lipinski definition) is 2. The maximum atomic E-state index is 13.3. The molecule has 0 aromatic carbocycles. The fourth-order valence-electron chi connectivity index (χ4n) is 1.61. The van der Waals surface area contributed by atoms with E-state index in [9.17, 15) is 8.78 Å². The first kappa shape index (κ1) is 10.9. The van der Waals surface area contributed by atoms with Crippen LogP contribution in [0.3, 0.4) is 0 Å². The lowest BCUT2D eigenvalue weighted by molar-refractivity contribution is -0.0818. The van der Waals surface area contributed by atoms with Crippen molar-refractivity contribution in [1.82, 2.24) is 10.2 Å². The quantitative estimate of drug-likeness (QED) is 0.722. The molecule has 1 fully saturated rings. The second kappa shape index (κ2) is 4.33. The van der Waals surface area contributed by atoms with E-state index in [1.165, 1.54) is 0 Å². The van der Waals surface area contributed by atoms with Crippen molar-refractivity contribution in [2.75, 3.05) is 33.7 Å². The molecule has 1 N–H and O–H groups in total. The molecule has 2 nitrogen and oxygen atoms in total. The minimum absolute atomic E-state index is 0.00883. The lowest BCUT2D eigenvalue weighted by atomic mass is 9.92. The number of nitrogens with zero attached hydrogens (tertiary/aromatic N) is 1. The molecule has 1 heterocycles. The second-order valence-corrected chi connectivity index (χ2v) is 4.00. The van der Waals surface area contributed by atoms with Crippen LogP contribution in [-0.4, -0.2) is 44.6 Å². The summed E-state index contributed by atoms with van der Waals surface area (Å²) < 4.78 is 26.5. The molecule has 4 heteroatoms. The Bertz CT molecular complexity index is 160. The van der Waals surface area contributed by atoms with Crippen molar-refractivity contribution in [2.24, 2.45) is 5.92 Å². The molecule has 0 aromatic rings. The van der Waals surface area contributed by atoms with Crippen molar-refractivity contribution in [3.05, 3.63) is 0 Å². The summed E-state index contributed by atoms with van der Waals surface area (Å²) in [6, 6.07) is 0. The zero-order chi connectivity index (χ0) is 9.90. The van der Waals surface area contributed by atoms with Gasteiger partial charge in [0.15, 0.2) is 0 Å². The summed E-state index contributed by atoms with van der Waals surface area (Å²) in [6.45, 7) is 1.65. The van der Waals surface area contributed by atoms with E-state index in [0.29, 0.717) is 19.5 Å². The van der Waals surface area contributed by atoms with Crippen LogP contribution in [0.4, 0.5) is 8.78 Å². The molecule has 78 valence electrons. The molecule has 0 aliphatic carbocycles. The first-order valence-corrected chi connectivity index (χ1v) is 4.75. The molecule has 1 rings (SSSR count). The first-order valence-electron chi connectivity index (χ1n) is 4.75. The van der Waals surface area contributed by atoms with Crippen molar-refractivity contribution in [3.63, 3.8) is 0 Å². The molecule has 1 saturated heterocycles. The van der Waals surface area contributed by atoms with Crippen molar-refractivity contribution in [2.45, 2.75) is 18.8 Å². The summed E-state index contributed by atoms with van der Waals surface area (Å²) in [6.07, 6.45) is 0.568. The minimum atomic E-state index is -2.46. The topological polar surface area (TPSA) is 15.3 Å². The number of hydrogen-bond donors (Lipinski definition) is 1. The van der Waals surface area contributed by atoms with Crippen molar-refractivity contribution >= 4 is 0 Å². The van der Waals surface area contributed by atoms with Gasteiger partial charge in [0, 0.05) is 25.4 Å². The summed E-state index contributed by atoms with van der Waals surface area (Å²) in [7, 11) is 3.82. The van der Waals surface area contributed by atoms with E-state index in [1.54, 1.807) is 0 Å². The molecule has 0 spiro atoms. The Kier molecular flexibility index (Phi) is 3.62. The van der Waals surface area contributed by atoms with E-state index in [-0.39, 0.29) is 6.42 Å². The summed E-state index contributed by atoms with van der Waals surface area (Å²) in [5.41, 5.74) is 0. The Hall–Kier alpha value is -0.220. The Balaban J connectivity index is 2.37. The van der Waals surface area contributed by atoms with Crippen LogP contribution in [0.25, 0.3) is 0 Å². The van der Waals surface area contributed by atoms with Crippen LogP contribution in [0.15, 0.2) is 0 Å². The van der Waals surface area contributed by atoms with Gasteiger partial charge >= 0.3 is 0 Å². The predicted molar refractivity (Wildman–Crippen MR) is 49.1 cm³/mol. The largest absolute Gasteiger partial charge is 0.316 e. The van der Waals surface area contributed by atoms with Crippen molar-refractivity contribution in [1.29, 1.82) is 0 Å². The van der Waals surface area contributed by atoms with Crippen LogP contribution >= 0.6 is 0 Å². The summed E-state index contributed by atoms with van der Waals surface area (Å²) >= 11 is 0. The molecule has 0 amide bonds. The second-order valence-electron chi connectivity index (χ2n) is 4.00. The first-order chi connectivity index (χ1) is 6.02. The Morgan fingerprint density at radius 2 is 2.15 bits per heavy atom. The zero-order valence-corrected chi connectivity index (χ0v) is 8.32. The fourth-order valence-corrected chi connectivity index (χ4v) is 1.61. The van der Waals surface area contributed by atoms with E-state index >= 15 is 0 Å². The van der Waals surface area contributed by atoms with Crippen molar-refractivity contribution < 1.29 is 8.78 Å². The Morgan fingerprint density at radius 1 is 1.46 bits per heavy atom. The molecule has 0 aromatic heterocycles. The molecule has 0 bridgehead atoms. The van der Waals surface area contributed by atoms with Crippen LogP contribution in [0.1, 0.15) is 12.8 Å². The minimum Gasteiger partial charge on any atom is -0.316 e. The molecule has 1 aliphatic rings. The lowest BCUT2D eigenvalue weighted by Gasteiger charge is -2.32. The molecule has 0 saturated carbocycles. The van der Waals surface area contributed by atoms with Gasteiger partial charge in [-0.15, -0.1) is 0 Å². The highest BCUT2D eigenvalue weighted by Crippen LogP contribution is 2.32. The molecular weight excluding hydrogens is 174 g/mol. The fraction of sp³-hybridized carbons (Fsp3) is 1.00. The molecule has 1 unspecified atom stereocenters. The number of alkyl halides is 2. The van der Waals surface area contributed by atoms with Gasteiger partial charge in [-0.2, -0.15) is 0 Å². The highest BCUT2D eigenvalue weighted by atomic mass is 19.3. The van der Waals surface area contributed by atoms with Crippen LogP contribution < -0.4 is 5.32 Å². The number of nitrogens with one attached hydrogen (secondary N) is 1. The average Bonchev–Trinajstić information content (AvgIpc) is 2.01. The Morgan fingerprint density at radius 3 is 2.69 bits per heavy atom. The monoisotopic (exact) mass is 192 g/mol. The maximum absolute atomic E-state index is 13.3. The number of halogens is 2. The zero-order valence-electron chi connectivity index (χ0n) is 8.32. The number of rotatable bonds is 3. The van der Waals surface area contributed by atoms with E-state index < -0.39 is 11.8 Å². The highest BCUT2D eigenvalue weighted by Gasteiger charge is 2.40. The van der Waals surface area contributed by atoms with Gasteiger partial charge in [0.2, 0.25) is 0 Å². The molecular formula is C9H18F2N2. The van der Waals surface area contributed by atoms with Gasteiger partial charge in [-0.1, -0.05) is 0 Å². The summed E-state index contributed by atoms with van der Waals surface area (Å²) in [5, 5.41) is 3.02. The third kappa shape index (κ3) is 3.19. The van der Waals surface area contributed by atoms with Crippen LogP contribution in [-0.2, 0) is 0 Å². The van der Waals surface area contributed by atoms with E-state index in [4.69, 9.17) is 0 Å². The van der Waals surface area contributed by atoms with Gasteiger partial charge < -0.3 is 10.2 Å². The van der Waals surface area contributed by atoms with Crippen LogP contribution in [0.2, 0.25) is 0 Å². The van der Waals surface area contributed by atoms with Crippen molar-refractivity contribution in [3.8, 4) is 0 Å². The summed E-state index contributed by atoms with van der Waals surface area (Å²) in [5.74, 6) is -2.94. The van der Waals surface area contributed by atoms with Crippen LogP contribution in [0, 0.1) is 5.92 Å². The smallest absolute Gasteiger partial charge is 0.253 e. The van der Waals surface area contributed by atoms with Gasteiger partial charge in [-0.05, 0) is 27.1 Å².